The second-order valence-corrected chi connectivity index (χ2v) is 5.03. The van der Waals surface area contributed by atoms with Crippen molar-refractivity contribution in [2.75, 3.05) is 5.32 Å². The Labute approximate surface area is 141 Å². The van der Waals surface area contributed by atoms with E-state index in [0.29, 0.717) is 22.8 Å². The second kappa shape index (κ2) is 6.84. The van der Waals surface area contributed by atoms with Gasteiger partial charge in [-0.1, -0.05) is 12.1 Å². The van der Waals surface area contributed by atoms with Crippen molar-refractivity contribution in [3.05, 3.63) is 71.6 Å². The third-order valence-corrected chi connectivity index (χ3v) is 3.30. The first-order valence-corrected chi connectivity index (χ1v) is 7.17. The minimum Gasteiger partial charge on any atom is -0.319 e. The molecule has 0 spiro atoms. The van der Waals surface area contributed by atoms with E-state index < -0.39 is 17.5 Å². The fraction of sp³-hybridized carbons (Fsp3) is 0. The van der Waals surface area contributed by atoms with Crippen LogP contribution in [0.15, 0.2) is 54.2 Å². The Morgan fingerprint density at radius 1 is 1.16 bits per heavy atom. The van der Waals surface area contributed by atoms with Gasteiger partial charge in [0.1, 0.15) is 23.3 Å². The van der Waals surface area contributed by atoms with E-state index in [0.717, 1.165) is 12.1 Å². The lowest BCUT2D eigenvalue weighted by molar-refractivity contribution is -0.112. The van der Waals surface area contributed by atoms with Crippen molar-refractivity contribution in [2.24, 2.45) is 0 Å². The first-order valence-electron chi connectivity index (χ1n) is 7.17. The third-order valence-electron chi connectivity index (χ3n) is 3.30. The Bertz CT molecular complexity index is 1040. The van der Waals surface area contributed by atoms with E-state index in [1.54, 1.807) is 24.3 Å². The Hall–Kier alpha value is -3.66. The standard InChI is InChI=1S/C18H10F2N4O/c19-12-5-6-15(14(20)8-12)24-18(25)11(9-21)7-13-10-22-16-3-1-2-4-17(16)23-13/h1-8,10H,(H,24,25)/b11-7+. The monoisotopic (exact) mass is 336 g/mol. The molecule has 1 heterocycles. The number of hydrogen-bond donors (Lipinski definition) is 1. The van der Waals surface area contributed by atoms with Crippen LogP contribution >= 0.6 is 0 Å². The number of carbonyl (C=O) groups excluding carboxylic acids is 1. The van der Waals surface area contributed by atoms with Crippen molar-refractivity contribution in [1.82, 2.24) is 9.97 Å². The fourth-order valence-corrected chi connectivity index (χ4v) is 2.12. The van der Waals surface area contributed by atoms with Crippen molar-refractivity contribution in [2.45, 2.75) is 0 Å². The van der Waals surface area contributed by atoms with Crippen molar-refractivity contribution in [1.29, 1.82) is 5.26 Å². The normalized spacial score (nSPS) is 11.2. The van der Waals surface area contributed by atoms with Gasteiger partial charge in [0.15, 0.2) is 0 Å². The molecular formula is C18H10F2N4O. The highest BCUT2D eigenvalue weighted by Crippen LogP contribution is 2.17. The first kappa shape index (κ1) is 16.2. The molecule has 0 atom stereocenters. The van der Waals surface area contributed by atoms with Crippen LogP contribution in [0.25, 0.3) is 17.1 Å². The zero-order valence-electron chi connectivity index (χ0n) is 12.7. The van der Waals surface area contributed by atoms with E-state index in [4.69, 9.17) is 0 Å². The lowest BCUT2D eigenvalue weighted by Crippen LogP contribution is -2.14. The van der Waals surface area contributed by atoms with Crippen LogP contribution in [0.2, 0.25) is 0 Å². The average molecular weight is 336 g/mol. The van der Waals surface area contributed by atoms with Crippen LogP contribution in [-0.2, 0) is 4.79 Å². The Kier molecular flexibility index (Phi) is 4.44. The summed E-state index contributed by atoms with van der Waals surface area (Å²) in [5.74, 6) is -2.53. The smallest absolute Gasteiger partial charge is 0.266 e. The van der Waals surface area contributed by atoms with Gasteiger partial charge in [0.25, 0.3) is 5.91 Å². The van der Waals surface area contributed by atoms with Crippen molar-refractivity contribution >= 4 is 28.7 Å². The maximum absolute atomic E-state index is 13.6. The molecule has 0 radical (unpaired) electrons. The molecule has 0 fully saturated rings. The van der Waals surface area contributed by atoms with E-state index >= 15 is 0 Å². The van der Waals surface area contributed by atoms with Gasteiger partial charge in [0, 0.05) is 6.07 Å². The van der Waals surface area contributed by atoms with Gasteiger partial charge < -0.3 is 5.32 Å². The van der Waals surface area contributed by atoms with Crippen molar-refractivity contribution in [3.8, 4) is 6.07 Å². The average Bonchev–Trinajstić information content (AvgIpc) is 2.61. The van der Waals surface area contributed by atoms with Crippen LogP contribution in [0.3, 0.4) is 0 Å². The number of rotatable bonds is 3. The number of nitriles is 1. The summed E-state index contributed by atoms with van der Waals surface area (Å²) in [6, 6.07) is 11.6. The summed E-state index contributed by atoms with van der Waals surface area (Å²) in [4.78, 5) is 20.6. The molecule has 122 valence electrons. The molecule has 0 unspecified atom stereocenters. The summed E-state index contributed by atoms with van der Waals surface area (Å²) in [5.41, 5.74) is 1.09. The maximum atomic E-state index is 13.6. The summed E-state index contributed by atoms with van der Waals surface area (Å²) < 4.78 is 26.5. The number of para-hydroxylation sites is 2. The Balaban J connectivity index is 1.88. The molecule has 0 bridgehead atoms. The molecule has 1 N–H and O–H groups in total. The van der Waals surface area contributed by atoms with E-state index in [2.05, 4.69) is 15.3 Å². The Morgan fingerprint density at radius 2 is 1.92 bits per heavy atom. The number of amides is 1. The number of nitrogens with one attached hydrogen (secondary N) is 1. The molecule has 25 heavy (non-hydrogen) atoms. The minimum absolute atomic E-state index is 0.225. The van der Waals surface area contributed by atoms with Crippen molar-refractivity contribution < 1.29 is 13.6 Å². The predicted molar refractivity (Wildman–Crippen MR) is 88.1 cm³/mol. The molecule has 2 aromatic carbocycles. The third kappa shape index (κ3) is 3.64. The number of hydrogen-bond acceptors (Lipinski definition) is 4. The molecule has 0 aliphatic rings. The Morgan fingerprint density at radius 3 is 2.64 bits per heavy atom. The zero-order chi connectivity index (χ0) is 17.8. The van der Waals surface area contributed by atoms with Crippen LogP contribution in [0.1, 0.15) is 5.69 Å². The lowest BCUT2D eigenvalue weighted by Gasteiger charge is -2.05. The molecule has 7 heteroatoms. The van der Waals surface area contributed by atoms with Gasteiger partial charge in [-0.2, -0.15) is 5.26 Å². The highest BCUT2D eigenvalue weighted by Gasteiger charge is 2.13. The van der Waals surface area contributed by atoms with Gasteiger partial charge in [0.2, 0.25) is 0 Å². The summed E-state index contributed by atoms with van der Waals surface area (Å²) in [6.07, 6.45) is 2.67. The number of carbonyl (C=O) groups is 1. The molecule has 3 rings (SSSR count). The second-order valence-electron chi connectivity index (χ2n) is 5.03. The minimum atomic E-state index is -0.934. The van der Waals surface area contributed by atoms with E-state index in [9.17, 15) is 18.8 Å². The van der Waals surface area contributed by atoms with Gasteiger partial charge in [-0.25, -0.2) is 13.8 Å². The summed E-state index contributed by atoms with van der Waals surface area (Å²) in [6.45, 7) is 0. The van der Waals surface area contributed by atoms with Crippen LogP contribution in [-0.4, -0.2) is 15.9 Å². The molecule has 3 aromatic rings. The van der Waals surface area contributed by atoms with E-state index in [1.165, 1.54) is 12.3 Å². The fourth-order valence-electron chi connectivity index (χ4n) is 2.12. The SMILES string of the molecule is N#C/C(=C\c1cnc2ccccc2n1)C(=O)Nc1ccc(F)cc1F. The molecule has 0 saturated heterocycles. The van der Waals surface area contributed by atoms with Gasteiger partial charge in [-0.15, -0.1) is 0 Å². The highest BCUT2D eigenvalue weighted by atomic mass is 19.1. The molecular weight excluding hydrogens is 326 g/mol. The molecule has 0 aliphatic carbocycles. The summed E-state index contributed by atoms with van der Waals surface area (Å²) in [5, 5.41) is 11.4. The molecule has 0 saturated carbocycles. The van der Waals surface area contributed by atoms with Crippen LogP contribution in [0.5, 0.6) is 0 Å². The van der Waals surface area contributed by atoms with E-state index in [1.807, 2.05) is 6.07 Å². The van der Waals surface area contributed by atoms with Crippen LogP contribution < -0.4 is 5.32 Å². The van der Waals surface area contributed by atoms with Crippen molar-refractivity contribution in [3.63, 3.8) is 0 Å². The number of aromatic nitrogens is 2. The largest absolute Gasteiger partial charge is 0.319 e. The number of nitrogens with zero attached hydrogens (tertiary/aromatic N) is 3. The maximum Gasteiger partial charge on any atom is 0.266 e. The quantitative estimate of drug-likeness (QED) is 0.587. The number of fused-ring (bicyclic) bond motifs is 1. The lowest BCUT2D eigenvalue weighted by atomic mass is 10.2. The van der Waals surface area contributed by atoms with Crippen LogP contribution in [0.4, 0.5) is 14.5 Å². The van der Waals surface area contributed by atoms with Gasteiger partial charge in [0.05, 0.1) is 28.6 Å². The number of anilines is 1. The van der Waals surface area contributed by atoms with Gasteiger partial charge in [-0.05, 0) is 30.3 Å². The predicted octanol–water partition coefficient (Wildman–Crippen LogP) is 3.45. The first-order chi connectivity index (χ1) is 12.1. The van der Waals surface area contributed by atoms with E-state index in [-0.39, 0.29) is 11.3 Å². The molecule has 1 amide bonds. The molecule has 1 aromatic heterocycles. The number of benzene rings is 2. The zero-order valence-corrected chi connectivity index (χ0v) is 12.7. The topological polar surface area (TPSA) is 78.7 Å². The highest BCUT2D eigenvalue weighted by molar-refractivity contribution is 6.09. The van der Waals surface area contributed by atoms with Crippen LogP contribution in [0, 0.1) is 23.0 Å². The van der Waals surface area contributed by atoms with Gasteiger partial charge in [-0.3, -0.25) is 9.78 Å². The summed E-state index contributed by atoms with van der Waals surface area (Å²) >= 11 is 0. The van der Waals surface area contributed by atoms with Gasteiger partial charge >= 0.3 is 0 Å². The summed E-state index contributed by atoms with van der Waals surface area (Å²) in [7, 11) is 0. The number of halogens is 2. The molecule has 0 aliphatic heterocycles. The molecule has 5 nitrogen and oxygen atoms in total.